The van der Waals surface area contributed by atoms with E-state index in [1.54, 1.807) is 20.8 Å². The van der Waals surface area contributed by atoms with Gasteiger partial charge < -0.3 is 14.8 Å². The van der Waals surface area contributed by atoms with Crippen molar-refractivity contribution in [1.29, 1.82) is 0 Å². The Hall–Kier alpha value is -3.10. The quantitative estimate of drug-likeness (QED) is 0.777. The van der Waals surface area contributed by atoms with Gasteiger partial charge in [0.2, 0.25) is 0 Å². The molecule has 1 saturated heterocycles. The smallest absolute Gasteiger partial charge is 0.412 e. The number of anilines is 1. The van der Waals surface area contributed by atoms with E-state index in [0.29, 0.717) is 12.2 Å². The maximum Gasteiger partial charge on any atom is 0.412 e. The van der Waals surface area contributed by atoms with E-state index in [0.717, 1.165) is 4.90 Å². The molecule has 1 aromatic rings. The zero-order chi connectivity index (χ0) is 20.2. The highest BCUT2D eigenvalue weighted by Crippen LogP contribution is 2.14. The van der Waals surface area contributed by atoms with E-state index in [9.17, 15) is 19.2 Å². The lowest BCUT2D eigenvalue weighted by Crippen LogP contribution is -2.41. The van der Waals surface area contributed by atoms with Crippen LogP contribution in [0.5, 0.6) is 0 Å². The second-order valence-corrected chi connectivity index (χ2v) is 6.97. The molecule has 2 rings (SSSR count). The number of hydrogen-bond donors (Lipinski definition) is 2. The molecule has 0 saturated carbocycles. The van der Waals surface area contributed by atoms with Crippen molar-refractivity contribution in [2.24, 2.45) is 0 Å². The van der Waals surface area contributed by atoms with E-state index in [1.165, 1.54) is 31.2 Å². The molecule has 146 valence electrons. The predicted molar refractivity (Wildman–Crippen MR) is 96.3 cm³/mol. The molecule has 0 spiro atoms. The van der Waals surface area contributed by atoms with E-state index in [-0.39, 0.29) is 12.1 Å². The SMILES string of the molecule is C[C@H](OC(=O)c1ccc(NC(=O)OC(C)(C)C)cc1)C(=O)N1CCNC1=O. The van der Waals surface area contributed by atoms with Crippen LogP contribution in [0.4, 0.5) is 15.3 Å². The molecule has 1 fully saturated rings. The highest BCUT2D eigenvalue weighted by molar-refractivity contribution is 5.99. The van der Waals surface area contributed by atoms with Crippen LogP contribution in [0, 0.1) is 0 Å². The third-order valence-electron chi connectivity index (χ3n) is 3.52. The van der Waals surface area contributed by atoms with Gasteiger partial charge >= 0.3 is 18.1 Å². The number of amides is 4. The highest BCUT2D eigenvalue weighted by Gasteiger charge is 2.31. The molecule has 2 N–H and O–H groups in total. The number of ether oxygens (including phenoxy) is 2. The summed E-state index contributed by atoms with van der Waals surface area (Å²) < 4.78 is 10.3. The minimum absolute atomic E-state index is 0.204. The fourth-order valence-corrected chi connectivity index (χ4v) is 2.29. The van der Waals surface area contributed by atoms with Crippen LogP contribution in [0.1, 0.15) is 38.1 Å². The van der Waals surface area contributed by atoms with E-state index in [4.69, 9.17) is 9.47 Å². The topological polar surface area (TPSA) is 114 Å². The zero-order valence-corrected chi connectivity index (χ0v) is 15.7. The Labute approximate surface area is 157 Å². The summed E-state index contributed by atoms with van der Waals surface area (Å²) in [6.07, 6.45) is -1.71. The third kappa shape index (κ3) is 5.70. The van der Waals surface area contributed by atoms with Crippen molar-refractivity contribution in [3.63, 3.8) is 0 Å². The number of nitrogens with one attached hydrogen (secondary N) is 2. The summed E-state index contributed by atoms with van der Waals surface area (Å²) >= 11 is 0. The van der Waals surface area contributed by atoms with Gasteiger partial charge in [-0.2, -0.15) is 0 Å². The van der Waals surface area contributed by atoms with Gasteiger partial charge in [0, 0.05) is 18.8 Å². The van der Waals surface area contributed by atoms with Crippen molar-refractivity contribution < 1.29 is 28.7 Å². The summed E-state index contributed by atoms with van der Waals surface area (Å²) in [7, 11) is 0. The molecular weight excluding hydrogens is 354 g/mol. The molecular formula is C18H23N3O6. The first-order valence-electron chi connectivity index (χ1n) is 8.47. The predicted octanol–water partition coefficient (Wildman–Crippen LogP) is 2.13. The molecule has 0 unspecified atom stereocenters. The van der Waals surface area contributed by atoms with E-state index in [2.05, 4.69) is 10.6 Å². The number of rotatable bonds is 4. The number of nitrogens with zero attached hydrogens (tertiary/aromatic N) is 1. The first kappa shape index (κ1) is 20.2. The Balaban J connectivity index is 1.92. The Morgan fingerprint density at radius 1 is 1.19 bits per heavy atom. The fraction of sp³-hybridized carbons (Fsp3) is 0.444. The largest absolute Gasteiger partial charge is 0.449 e. The molecule has 27 heavy (non-hydrogen) atoms. The number of urea groups is 1. The van der Waals surface area contributed by atoms with Crippen molar-refractivity contribution >= 4 is 29.7 Å². The number of carbonyl (C=O) groups is 4. The summed E-state index contributed by atoms with van der Waals surface area (Å²) in [6, 6.07) is 5.44. The van der Waals surface area contributed by atoms with Gasteiger partial charge in [-0.15, -0.1) is 0 Å². The molecule has 9 heteroatoms. The van der Waals surface area contributed by atoms with Gasteiger partial charge in [-0.1, -0.05) is 0 Å². The van der Waals surface area contributed by atoms with Gasteiger partial charge in [0.1, 0.15) is 5.60 Å². The van der Waals surface area contributed by atoms with Crippen LogP contribution in [0.2, 0.25) is 0 Å². The molecule has 9 nitrogen and oxygen atoms in total. The maximum absolute atomic E-state index is 12.2. The number of imide groups is 1. The van der Waals surface area contributed by atoms with Gasteiger partial charge in [-0.05, 0) is 52.0 Å². The Morgan fingerprint density at radius 3 is 2.33 bits per heavy atom. The van der Waals surface area contributed by atoms with Crippen LogP contribution < -0.4 is 10.6 Å². The molecule has 1 atom stereocenters. The summed E-state index contributed by atoms with van der Waals surface area (Å²) in [6.45, 7) is 7.27. The fourth-order valence-electron chi connectivity index (χ4n) is 2.29. The van der Waals surface area contributed by atoms with Crippen molar-refractivity contribution in [2.45, 2.75) is 39.4 Å². The van der Waals surface area contributed by atoms with Gasteiger partial charge in [0.15, 0.2) is 6.10 Å². The van der Waals surface area contributed by atoms with Gasteiger partial charge in [-0.3, -0.25) is 15.0 Å². The molecule has 1 aliphatic heterocycles. The molecule has 0 aliphatic carbocycles. The van der Waals surface area contributed by atoms with Gasteiger partial charge in [0.05, 0.1) is 5.56 Å². The van der Waals surface area contributed by atoms with Crippen LogP contribution in [-0.4, -0.2) is 53.7 Å². The van der Waals surface area contributed by atoms with Crippen LogP contribution in [0.15, 0.2) is 24.3 Å². The molecule has 4 amide bonds. The van der Waals surface area contributed by atoms with Crippen molar-refractivity contribution in [2.75, 3.05) is 18.4 Å². The lowest BCUT2D eigenvalue weighted by molar-refractivity contribution is -0.136. The second kappa shape index (κ2) is 8.07. The minimum Gasteiger partial charge on any atom is -0.449 e. The normalized spacial score (nSPS) is 15.0. The number of hydrogen-bond acceptors (Lipinski definition) is 6. The molecule has 1 aliphatic rings. The second-order valence-electron chi connectivity index (χ2n) is 6.97. The Morgan fingerprint density at radius 2 is 1.81 bits per heavy atom. The standard InChI is InChI=1S/C18H23N3O6/c1-11(14(22)21-10-9-19-16(21)24)26-15(23)12-5-7-13(8-6-12)20-17(25)27-18(2,3)4/h5-8,11H,9-10H2,1-4H3,(H,19,24)(H,20,25)/t11-/m0/s1. The van der Waals surface area contributed by atoms with E-state index in [1.807, 2.05) is 0 Å². The lowest BCUT2D eigenvalue weighted by Gasteiger charge is -2.19. The molecule has 1 heterocycles. The van der Waals surface area contributed by atoms with Crippen molar-refractivity contribution in [1.82, 2.24) is 10.2 Å². The summed E-state index contributed by atoms with van der Waals surface area (Å²) in [4.78, 5) is 48.5. The maximum atomic E-state index is 12.2. The molecule has 1 aromatic carbocycles. The van der Waals surface area contributed by atoms with Crippen LogP contribution in [0.3, 0.4) is 0 Å². The number of esters is 1. The van der Waals surface area contributed by atoms with Crippen LogP contribution in [0.25, 0.3) is 0 Å². The average molecular weight is 377 g/mol. The van der Waals surface area contributed by atoms with Crippen molar-refractivity contribution in [3.8, 4) is 0 Å². The molecule has 0 aromatic heterocycles. The summed E-state index contributed by atoms with van der Waals surface area (Å²) in [5.74, 6) is -1.29. The van der Waals surface area contributed by atoms with E-state index >= 15 is 0 Å². The number of benzene rings is 1. The molecule has 0 bridgehead atoms. The Bertz CT molecular complexity index is 738. The van der Waals surface area contributed by atoms with Gasteiger partial charge in [-0.25, -0.2) is 14.4 Å². The van der Waals surface area contributed by atoms with Crippen LogP contribution >= 0.6 is 0 Å². The van der Waals surface area contributed by atoms with E-state index < -0.39 is 35.7 Å². The van der Waals surface area contributed by atoms with Crippen LogP contribution in [-0.2, 0) is 14.3 Å². The van der Waals surface area contributed by atoms with Gasteiger partial charge in [0.25, 0.3) is 5.91 Å². The lowest BCUT2D eigenvalue weighted by atomic mass is 10.2. The number of carbonyl (C=O) groups excluding carboxylic acids is 4. The molecule has 0 radical (unpaired) electrons. The zero-order valence-electron chi connectivity index (χ0n) is 15.7. The minimum atomic E-state index is -1.10. The first-order valence-corrected chi connectivity index (χ1v) is 8.47. The highest BCUT2D eigenvalue weighted by atomic mass is 16.6. The van der Waals surface area contributed by atoms with Crippen molar-refractivity contribution in [3.05, 3.63) is 29.8 Å². The monoisotopic (exact) mass is 377 g/mol. The summed E-state index contributed by atoms with van der Waals surface area (Å²) in [5, 5.41) is 5.05. The first-order chi connectivity index (χ1) is 12.6. The third-order valence-corrected chi connectivity index (χ3v) is 3.52. The summed E-state index contributed by atoms with van der Waals surface area (Å²) in [5.41, 5.74) is 0.0249. The average Bonchev–Trinajstić information content (AvgIpc) is 2.98. The Kier molecular flexibility index (Phi) is 6.04.